The van der Waals surface area contributed by atoms with Gasteiger partial charge >= 0.3 is 0 Å². The molecule has 0 saturated carbocycles. The van der Waals surface area contributed by atoms with Crippen LogP contribution in [0.1, 0.15) is 290 Å². The van der Waals surface area contributed by atoms with E-state index >= 15 is 0 Å². The van der Waals surface area contributed by atoms with Crippen molar-refractivity contribution in [1.82, 2.24) is 10.2 Å². The van der Waals surface area contributed by atoms with E-state index in [0.29, 0.717) is 19.5 Å². The summed E-state index contributed by atoms with van der Waals surface area (Å²) >= 11 is 0. The highest BCUT2D eigenvalue weighted by atomic mass is 16.7. The Morgan fingerprint density at radius 3 is 1.15 bits per heavy atom. The lowest BCUT2D eigenvalue weighted by Gasteiger charge is -2.44. The van der Waals surface area contributed by atoms with E-state index in [4.69, 9.17) is 9.47 Å². The van der Waals surface area contributed by atoms with Gasteiger partial charge in [-0.25, -0.2) is 0 Å². The van der Waals surface area contributed by atoms with Gasteiger partial charge in [0.1, 0.15) is 18.3 Å². The molecule has 7 heteroatoms. The molecule has 5 atom stereocenters. The molecule has 1 aliphatic heterocycles. The number of methoxy groups -OCH3 is 1. The van der Waals surface area contributed by atoms with E-state index in [2.05, 4.69) is 26.1 Å². The second kappa shape index (κ2) is 45.4. The van der Waals surface area contributed by atoms with Crippen LogP contribution in [0, 0.1) is 0 Å². The molecule has 0 aromatic carbocycles. The highest BCUT2D eigenvalue weighted by molar-refractivity contribution is 5.76. The van der Waals surface area contributed by atoms with Gasteiger partial charge in [0.15, 0.2) is 6.29 Å². The Kier molecular flexibility index (Phi) is 43.4. The standard InChI is InChI=1S/C55H110N2O5/c1-5-8-11-14-17-20-22-24-26-28-30-32-35-38-41-44-47-56-52-54(60)53(59)50(62-55(52)61-4)49-57(51(58)46-43-40-37-34-19-16-13-10-7-3)48-45-42-39-36-33-31-29-27-25-23-21-18-15-12-9-6-2/h50,52-56,59-60H,5-49H2,1-4H3/t50-,52-,53-,54-,55+/m1/s1. The Bertz CT molecular complexity index is 920. The SMILES string of the molecule is CCCCCCCCCCCCCCCCCCN[C@H]1[C@@H](OC)O[C@H](CN(CCCCCCCCCCCCCCCCCC)C(=O)CCCCCCCCCCC)[C@@H](O)[C@@H]1O. The molecule has 370 valence electrons. The number of unbranched alkanes of at least 4 members (excludes halogenated alkanes) is 38. The van der Waals surface area contributed by atoms with Crippen LogP contribution in [0.5, 0.6) is 0 Å². The topological polar surface area (TPSA) is 91.3 Å². The lowest BCUT2D eigenvalue weighted by atomic mass is 9.95. The molecule has 7 nitrogen and oxygen atoms in total. The zero-order valence-corrected chi connectivity index (χ0v) is 42.3. The molecule has 0 bridgehead atoms. The summed E-state index contributed by atoms with van der Waals surface area (Å²) in [6.45, 7) is 8.56. The predicted octanol–water partition coefficient (Wildman–Crippen LogP) is 15.3. The van der Waals surface area contributed by atoms with E-state index < -0.39 is 30.6 Å². The number of nitrogens with one attached hydrogen (secondary N) is 1. The smallest absolute Gasteiger partial charge is 0.222 e. The van der Waals surface area contributed by atoms with Crippen LogP contribution in [0.15, 0.2) is 0 Å². The van der Waals surface area contributed by atoms with Crippen molar-refractivity contribution < 1.29 is 24.5 Å². The fourth-order valence-electron chi connectivity index (χ4n) is 9.57. The van der Waals surface area contributed by atoms with Crippen molar-refractivity contribution in [2.75, 3.05) is 26.7 Å². The Hall–Kier alpha value is -0.730. The molecule has 62 heavy (non-hydrogen) atoms. The van der Waals surface area contributed by atoms with Crippen molar-refractivity contribution in [2.24, 2.45) is 0 Å². The minimum absolute atomic E-state index is 0.150. The van der Waals surface area contributed by atoms with Crippen molar-refractivity contribution in [3.63, 3.8) is 0 Å². The second-order valence-corrected chi connectivity index (χ2v) is 19.8. The summed E-state index contributed by atoms with van der Waals surface area (Å²) < 4.78 is 12.1. The maximum Gasteiger partial charge on any atom is 0.222 e. The Morgan fingerprint density at radius 2 is 0.790 bits per heavy atom. The summed E-state index contributed by atoms with van der Waals surface area (Å²) in [5, 5.41) is 26.1. The molecule has 1 aliphatic rings. The van der Waals surface area contributed by atoms with Crippen molar-refractivity contribution in [3.05, 3.63) is 0 Å². The van der Waals surface area contributed by atoms with E-state index in [1.807, 2.05) is 4.90 Å². The molecule has 0 spiro atoms. The molecular formula is C55H110N2O5. The van der Waals surface area contributed by atoms with Crippen LogP contribution >= 0.6 is 0 Å². The van der Waals surface area contributed by atoms with Crippen LogP contribution in [0.25, 0.3) is 0 Å². The van der Waals surface area contributed by atoms with Gasteiger partial charge in [0, 0.05) is 26.6 Å². The molecule has 1 rings (SSSR count). The number of carbonyl (C=O) groups excluding carboxylic acids is 1. The van der Waals surface area contributed by atoms with Crippen LogP contribution in [-0.2, 0) is 14.3 Å². The minimum Gasteiger partial charge on any atom is -0.388 e. The molecule has 0 aromatic rings. The van der Waals surface area contributed by atoms with E-state index in [-0.39, 0.29) is 5.91 Å². The van der Waals surface area contributed by atoms with E-state index in [1.165, 1.54) is 225 Å². The first kappa shape index (κ1) is 59.3. The van der Waals surface area contributed by atoms with Crippen molar-refractivity contribution >= 4 is 5.91 Å². The monoisotopic (exact) mass is 879 g/mol. The Balaban J connectivity index is 2.41. The third-order valence-corrected chi connectivity index (χ3v) is 13.9. The maximum atomic E-state index is 13.7. The van der Waals surface area contributed by atoms with Gasteiger partial charge < -0.3 is 29.9 Å². The molecule has 0 radical (unpaired) electrons. The highest BCUT2D eigenvalue weighted by Gasteiger charge is 2.45. The van der Waals surface area contributed by atoms with Crippen LogP contribution in [0.3, 0.4) is 0 Å². The Labute approximate surface area is 387 Å². The number of hydrogen-bond acceptors (Lipinski definition) is 6. The predicted molar refractivity (Wildman–Crippen MR) is 267 cm³/mol. The molecule has 0 aromatic heterocycles. The average molecular weight is 879 g/mol. The van der Waals surface area contributed by atoms with Gasteiger partial charge in [0.2, 0.25) is 5.91 Å². The number of aliphatic hydroxyl groups is 2. The van der Waals surface area contributed by atoms with Crippen molar-refractivity contribution in [1.29, 1.82) is 0 Å². The molecule has 1 heterocycles. The zero-order chi connectivity index (χ0) is 45.0. The summed E-state index contributed by atoms with van der Waals surface area (Å²) in [6, 6.07) is -0.506. The number of hydrogen-bond donors (Lipinski definition) is 3. The summed E-state index contributed by atoms with van der Waals surface area (Å²) in [5.41, 5.74) is 0. The van der Waals surface area contributed by atoms with Crippen LogP contribution in [0.4, 0.5) is 0 Å². The first-order valence-corrected chi connectivity index (χ1v) is 28.1. The lowest BCUT2D eigenvalue weighted by Crippen LogP contribution is -2.65. The zero-order valence-electron chi connectivity index (χ0n) is 42.3. The number of ether oxygens (including phenoxy) is 2. The molecule has 0 unspecified atom stereocenters. The van der Waals surface area contributed by atoms with Gasteiger partial charge in [-0.15, -0.1) is 0 Å². The summed E-state index contributed by atoms with van der Waals surface area (Å²) in [5.74, 6) is 0.150. The van der Waals surface area contributed by atoms with Gasteiger partial charge in [0.25, 0.3) is 0 Å². The molecule has 1 fully saturated rings. The molecule has 0 aliphatic carbocycles. The number of nitrogens with zero attached hydrogens (tertiary/aromatic N) is 1. The van der Waals surface area contributed by atoms with Crippen molar-refractivity contribution in [3.8, 4) is 0 Å². The minimum atomic E-state index is -1.08. The first-order valence-electron chi connectivity index (χ1n) is 28.1. The molecular weight excluding hydrogens is 769 g/mol. The van der Waals surface area contributed by atoms with Gasteiger partial charge in [-0.1, -0.05) is 265 Å². The fraction of sp³-hybridized carbons (Fsp3) is 0.982. The number of amides is 1. The normalized spacial score (nSPS) is 19.1. The van der Waals surface area contributed by atoms with Crippen LogP contribution in [0.2, 0.25) is 0 Å². The molecule has 3 N–H and O–H groups in total. The van der Waals surface area contributed by atoms with Gasteiger partial charge in [-0.2, -0.15) is 0 Å². The van der Waals surface area contributed by atoms with E-state index in [9.17, 15) is 15.0 Å². The maximum absolute atomic E-state index is 13.7. The van der Waals surface area contributed by atoms with Gasteiger partial charge in [0.05, 0.1) is 6.04 Å². The third kappa shape index (κ3) is 33.7. The highest BCUT2D eigenvalue weighted by Crippen LogP contribution is 2.24. The number of aliphatic hydroxyl groups excluding tert-OH is 2. The largest absolute Gasteiger partial charge is 0.388 e. The summed E-state index contributed by atoms with van der Waals surface area (Å²) in [4.78, 5) is 15.6. The fourth-order valence-corrected chi connectivity index (χ4v) is 9.57. The third-order valence-electron chi connectivity index (χ3n) is 13.9. The van der Waals surface area contributed by atoms with Gasteiger partial charge in [-0.05, 0) is 25.8 Å². The van der Waals surface area contributed by atoms with E-state index in [1.54, 1.807) is 7.11 Å². The summed E-state index contributed by atoms with van der Waals surface area (Å²) in [6.07, 6.45) is 50.7. The second-order valence-electron chi connectivity index (χ2n) is 19.8. The van der Waals surface area contributed by atoms with Crippen molar-refractivity contribution in [2.45, 2.75) is 321 Å². The molecule has 1 amide bonds. The van der Waals surface area contributed by atoms with E-state index in [0.717, 1.165) is 45.1 Å². The lowest BCUT2D eigenvalue weighted by molar-refractivity contribution is -0.259. The average Bonchev–Trinajstić information content (AvgIpc) is 3.28. The first-order chi connectivity index (χ1) is 30.5. The van der Waals surface area contributed by atoms with Crippen LogP contribution in [-0.4, -0.2) is 78.4 Å². The van der Waals surface area contributed by atoms with Gasteiger partial charge in [-0.3, -0.25) is 4.79 Å². The number of rotatable bonds is 48. The Morgan fingerprint density at radius 1 is 0.468 bits per heavy atom. The van der Waals surface area contributed by atoms with Crippen LogP contribution < -0.4 is 5.32 Å². The molecule has 1 saturated heterocycles. The summed E-state index contributed by atoms with van der Waals surface area (Å²) in [7, 11) is 1.61. The quantitative estimate of drug-likeness (QED) is 0.0528. The number of carbonyl (C=O) groups is 1.